The highest BCUT2D eigenvalue weighted by molar-refractivity contribution is 7.89. The van der Waals surface area contributed by atoms with Crippen molar-refractivity contribution in [1.82, 2.24) is 4.31 Å². The summed E-state index contributed by atoms with van der Waals surface area (Å²) in [6.45, 7) is 2.61. The zero-order valence-corrected chi connectivity index (χ0v) is 16.5. The van der Waals surface area contributed by atoms with Crippen LogP contribution in [0.1, 0.15) is 16.0 Å². The molecule has 3 aromatic rings. The van der Waals surface area contributed by atoms with Crippen LogP contribution in [0.3, 0.4) is 0 Å². The lowest BCUT2D eigenvalue weighted by molar-refractivity contribution is 0.183. The fourth-order valence-corrected chi connectivity index (χ4v) is 6.50. The number of epoxide rings is 1. The molecule has 0 radical (unpaired) electrons. The molecule has 1 aromatic heterocycles. The predicted octanol–water partition coefficient (Wildman–Crippen LogP) is 3.88. The van der Waals surface area contributed by atoms with Gasteiger partial charge in [-0.15, -0.1) is 11.3 Å². The molecule has 2 saturated heterocycles. The van der Waals surface area contributed by atoms with Gasteiger partial charge in [0.15, 0.2) is 5.60 Å². The Hall–Kier alpha value is -1.99. The minimum Gasteiger partial charge on any atom is -0.349 e. The van der Waals surface area contributed by atoms with E-state index in [-0.39, 0.29) is 0 Å². The number of ether oxygens (including phenoxy) is 1. The second kappa shape index (κ2) is 5.75. The summed E-state index contributed by atoms with van der Waals surface area (Å²) in [7, 11) is -3.58. The van der Waals surface area contributed by atoms with Gasteiger partial charge in [0, 0.05) is 4.88 Å². The summed E-state index contributed by atoms with van der Waals surface area (Å²) in [5, 5.41) is 2.01. The van der Waals surface area contributed by atoms with E-state index in [2.05, 4.69) is 0 Å². The molecule has 0 aliphatic carbocycles. The van der Waals surface area contributed by atoms with Gasteiger partial charge < -0.3 is 4.74 Å². The maximum Gasteiger partial charge on any atom is 0.243 e. The van der Waals surface area contributed by atoms with Gasteiger partial charge in [0.25, 0.3) is 0 Å². The molecule has 0 spiro atoms. The second-order valence-electron chi connectivity index (χ2n) is 7.19. The highest BCUT2D eigenvalue weighted by atomic mass is 32.2. The third-order valence-corrected chi connectivity index (χ3v) is 8.39. The molecule has 2 aliphatic heterocycles. The summed E-state index contributed by atoms with van der Waals surface area (Å²) in [5.74, 6) is 0. The van der Waals surface area contributed by atoms with Crippen LogP contribution in [0.25, 0.3) is 0 Å². The lowest BCUT2D eigenvalue weighted by Gasteiger charge is -2.20. The van der Waals surface area contributed by atoms with Gasteiger partial charge in [-0.05, 0) is 36.1 Å². The zero-order chi connectivity index (χ0) is 18.7. The molecule has 0 N–H and O–H groups in total. The molecule has 5 rings (SSSR count). The number of hydrogen-bond donors (Lipinski definition) is 0. The van der Waals surface area contributed by atoms with E-state index in [0.29, 0.717) is 18.0 Å². The monoisotopic (exact) mass is 397 g/mol. The van der Waals surface area contributed by atoms with Gasteiger partial charge in [0.05, 0.1) is 18.0 Å². The van der Waals surface area contributed by atoms with E-state index in [1.165, 1.54) is 0 Å². The van der Waals surface area contributed by atoms with Crippen LogP contribution < -0.4 is 0 Å². The lowest BCUT2D eigenvalue weighted by Crippen LogP contribution is -2.34. The first-order chi connectivity index (χ1) is 13.0. The fraction of sp³-hybridized carbons (Fsp3) is 0.238. The zero-order valence-electron chi connectivity index (χ0n) is 14.8. The van der Waals surface area contributed by atoms with Crippen molar-refractivity contribution in [2.75, 3.05) is 13.1 Å². The Labute approximate surface area is 163 Å². The van der Waals surface area contributed by atoms with E-state index in [0.717, 1.165) is 16.0 Å². The number of nitrogens with zero attached hydrogens (tertiary/aromatic N) is 1. The van der Waals surface area contributed by atoms with Crippen LogP contribution in [0.15, 0.2) is 77.0 Å². The van der Waals surface area contributed by atoms with Crippen molar-refractivity contribution in [1.29, 1.82) is 0 Å². The largest absolute Gasteiger partial charge is 0.349 e. The fourth-order valence-electron chi connectivity index (χ4n) is 4.10. The van der Waals surface area contributed by atoms with Gasteiger partial charge >= 0.3 is 0 Å². The molecule has 6 heteroatoms. The second-order valence-corrected chi connectivity index (χ2v) is 10.1. The maximum absolute atomic E-state index is 13.3. The topological polar surface area (TPSA) is 49.9 Å². The molecule has 0 saturated carbocycles. The van der Waals surface area contributed by atoms with Crippen molar-refractivity contribution in [2.24, 2.45) is 0 Å². The maximum atomic E-state index is 13.3. The summed E-state index contributed by atoms with van der Waals surface area (Å²) >= 11 is 1.62. The molecule has 27 heavy (non-hydrogen) atoms. The molecule has 0 amide bonds. The number of morpholine rings is 1. The first-order valence-corrected chi connectivity index (χ1v) is 11.2. The average Bonchev–Trinajstić information content (AvgIpc) is 3.05. The quantitative estimate of drug-likeness (QED) is 0.628. The molecule has 138 valence electrons. The standard InChI is InChI=1S/C21H19NO3S2/c1-16-9-11-18(12-10-16)27(23,24)22-14-20(17-6-3-2-4-7-17)21(15-22,25-20)19-8-5-13-26-19/h2-13H,14-15H2,1H3/t20-,21+/m0/s1. The smallest absolute Gasteiger partial charge is 0.243 e. The summed E-state index contributed by atoms with van der Waals surface area (Å²) in [6.07, 6.45) is 0. The number of aryl methyl sites for hydroxylation is 1. The number of hydrogen-bond acceptors (Lipinski definition) is 4. The normalized spacial score (nSPS) is 27.4. The van der Waals surface area contributed by atoms with Gasteiger partial charge in [0.2, 0.25) is 10.0 Å². The molecule has 3 heterocycles. The van der Waals surface area contributed by atoms with Crippen LogP contribution >= 0.6 is 11.3 Å². The van der Waals surface area contributed by atoms with Gasteiger partial charge in [-0.3, -0.25) is 0 Å². The van der Waals surface area contributed by atoms with E-state index in [1.54, 1.807) is 27.8 Å². The van der Waals surface area contributed by atoms with Crippen molar-refractivity contribution in [2.45, 2.75) is 23.0 Å². The summed E-state index contributed by atoms with van der Waals surface area (Å²) in [6, 6.07) is 21.0. The van der Waals surface area contributed by atoms with Crippen molar-refractivity contribution in [3.05, 3.63) is 88.1 Å². The average molecular weight is 398 g/mol. The predicted molar refractivity (Wildman–Crippen MR) is 105 cm³/mol. The van der Waals surface area contributed by atoms with Crippen LogP contribution in [-0.2, 0) is 26.0 Å². The summed E-state index contributed by atoms with van der Waals surface area (Å²) in [5.41, 5.74) is 0.856. The molecule has 2 aromatic carbocycles. The number of benzene rings is 2. The lowest BCUT2D eigenvalue weighted by atomic mass is 9.88. The van der Waals surface area contributed by atoms with Gasteiger partial charge in [-0.1, -0.05) is 54.1 Å². The number of sulfonamides is 1. The Balaban J connectivity index is 1.58. The number of thiophene rings is 1. The van der Waals surface area contributed by atoms with E-state index >= 15 is 0 Å². The minimum absolute atomic E-state index is 0.325. The molecule has 4 nitrogen and oxygen atoms in total. The third kappa shape index (κ3) is 2.37. The SMILES string of the molecule is Cc1ccc(S(=O)(=O)N2C[C@@]3(c4ccccc4)O[C@@]3(c3cccs3)C2)cc1. The van der Waals surface area contributed by atoms with E-state index < -0.39 is 21.2 Å². The molecule has 2 atom stereocenters. The Kier molecular flexibility index (Phi) is 3.65. The molecule has 2 aliphatic rings. The molecule has 0 bridgehead atoms. The highest BCUT2D eigenvalue weighted by Crippen LogP contribution is 2.67. The highest BCUT2D eigenvalue weighted by Gasteiger charge is 2.78. The van der Waals surface area contributed by atoms with Crippen LogP contribution in [0.2, 0.25) is 0 Å². The van der Waals surface area contributed by atoms with Crippen LogP contribution in [0.4, 0.5) is 0 Å². The van der Waals surface area contributed by atoms with Crippen molar-refractivity contribution < 1.29 is 13.2 Å². The molecule has 0 unspecified atom stereocenters. The Morgan fingerprint density at radius 1 is 0.926 bits per heavy atom. The van der Waals surface area contributed by atoms with E-state index in [4.69, 9.17) is 4.74 Å². The van der Waals surface area contributed by atoms with Crippen molar-refractivity contribution >= 4 is 21.4 Å². The third-order valence-electron chi connectivity index (χ3n) is 5.58. The van der Waals surface area contributed by atoms with Gasteiger partial charge in [-0.25, -0.2) is 8.42 Å². The van der Waals surface area contributed by atoms with Crippen molar-refractivity contribution in [3.8, 4) is 0 Å². The van der Waals surface area contributed by atoms with Crippen LogP contribution in [-0.4, -0.2) is 25.8 Å². The van der Waals surface area contributed by atoms with E-state index in [1.807, 2.05) is 66.9 Å². The molecular weight excluding hydrogens is 378 g/mol. The first kappa shape index (κ1) is 17.1. The number of fused-ring (bicyclic) bond motifs is 1. The van der Waals surface area contributed by atoms with E-state index in [9.17, 15) is 8.42 Å². The first-order valence-electron chi connectivity index (χ1n) is 8.85. The Morgan fingerprint density at radius 3 is 2.30 bits per heavy atom. The number of rotatable bonds is 4. The summed E-state index contributed by atoms with van der Waals surface area (Å²) in [4.78, 5) is 1.41. The summed E-state index contributed by atoms with van der Waals surface area (Å²) < 4.78 is 34.5. The molecule has 2 fully saturated rings. The molecular formula is C21H19NO3S2. The van der Waals surface area contributed by atoms with Crippen LogP contribution in [0.5, 0.6) is 0 Å². The Morgan fingerprint density at radius 2 is 1.63 bits per heavy atom. The minimum atomic E-state index is -3.58. The van der Waals surface area contributed by atoms with Crippen molar-refractivity contribution in [3.63, 3.8) is 0 Å². The van der Waals surface area contributed by atoms with Gasteiger partial charge in [-0.2, -0.15) is 4.31 Å². The Bertz CT molecular complexity index is 1080. The van der Waals surface area contributed by atoms with Crippen LogP contribution in [0, 0.1) is 6.92 Å². The van der Waals surface area contributed by atoms with Gasteiger partial charge in [0.1, 0.15) is 5.60 Å².